The van der Waals surface area contributed by atoms with Gasteiger partial charge in [0.05, 0.1) is 6.04 Å². The Morgan fingerprint density at radius 3 is 2.57 bits per heavy atom. The van der Waals surface area contributed by atoms with Crippen molar-refractivity contribution in [1.82, 2.24) is 4.90 Å². The fourth-order valence-corrected chi connectivity index (χ4v) is 3.00. The molecule has 5 nitrogen and oxygen atoms in total. The Morgan fingerprint density at radius 2 is 2.00 bits per heavy atom. The second-order valence-electron chi connectivity index (χ2n) is 6.77. The first kappa shape index (κ1) is 17.5. The van der Waals surface area contributed by atoms with E-state index in [1.807, 2.05) is 30.3 Å². The van der Waals surface area contributed by atoms with E-state index in [0.29, 0.717) is 12.3 Å². The maximum Gasteiger partial charge on any atom is 0.412 e. The van der Waals surface area contributed by atoms with Crippen molar-refractivity contribution in [2.45, 2.75) is 58.6 Å². The number of amides is 1. The summed E-state index contributed by atoms with van der Waals surface area (Å²) < 4.78 is 11.2. The number of carbonyl (C=O) groups excluding carboxylic acids is 2. The first-order valence-electron chi connectivity index (χ1n) is 7.98. The Kier molecular flexibility index (Phi) is 5.42. The number of hydrogen-bond acceptors (Lipinski definition) is 4. The van der Waals surface area contributed by atoms with Crippen LogP contribution in [0.3, 0.4) is 0 Å². The third-order valence-electron chi connectivity index (χ3n) is 3.96. The molecular formula is C18H25NO4. The van der Waals surface area contributed by atoms with Crippen LogP contribution in [0.2, 0.25) is 0 Å². The van der Waals surface area contributed by atoms with Gasteiger partial charge in [-0.05, 0) is 31.7 Å². The Balaban J connectivity index is 2.12. The minimum atomic E-state index is -0.862. The maximum absolute atomic E-state index is 12.6. The molecule has 1 heterocycles. The third-order valence-corrected chi connectivity index (χ3v) is 3.96. The van der Waals surface area contributed by atoms with Gasteiger partial charge in [0, 0.05) is 0 Å². The van der Waals surface area contributed by atoms with Gasteiger partial charge in [-0.2, -0.15) is 0 Å². The van der Waals surface area contributed by atoms with Gasteiger partial charge in [0.25, 0.3) is 0 Å². The lowest BCUT2D eigenvalue weighted by Crippen LogP contribution is -2.49. The number of hydrogen-bond donors (Lipinski definition) is 0. The molecule has 126 valence electrons. The number of benzene rings is 1. The zero-order chi connectivity index (χ0) is 17.0. The monoisotopic (exact) mass is 319 g/mol. The highest BCUT2D eigenvalue weighted by molar-refractivity contribution is 5.71. The molecule has 0 bridgehead atoms. The number of aldehydes is 1. The van der Waals surface area contributed by atoms with Crippen LogP contribution in [0, 0.1) is 5.92 Å². The van der Waals surface area contributed by atoms with Crippen molar-refractivity contribution in [3.8, 4) is 0 Å². The van der Waals surface area contributed by atoms with Gasteiger partial charge in [0.1, 0.15) is 18.4 Å². The number of ether oxygens (including phenoxy) is 2. The molecule has 0 radical (unpaired) electrons. The van der Waals surface area contributed by atoms with E-state index in [9.17, 15) is 9.59 Å². The van der Waals surface area contributed by atoms with Gasteiger partial charge in [-0.3, -0.25) is 4.90 Å². The van der Waals surface area contributed by atoms with Gasteiger partial charge in [0.2, 0.25) is 0 Å². The van der Waals surface area contributed by atoms with Gasteiger partial charge in [-0.25, -0.2) is 4.79 Å². The predicted molar refractivity (Wildman–Crippen MR) is 86.7 cm³/mol. The fraction of sp³-hybridized carbons (Fsp3) is 0.556. The van der Waals surface area contributed by atoms with Crippen LogP contribution in [0.1, 0.15) is 39.7 Å². The molecule has 0 saturated carbocycles. The van der Waals surface area contributed by atoms with Crippen LogP contribution < -0.4 is 0 Å². The molecule has 1 aliphatic rings. The van der Waals surface area contributed by atoms with Gasteiger partial charge in [-0.1, -0.05) is 44.2 Å². The first-order valence-corrected chi connectivity index (χ1v) is 7.98. The summed E-state index contributed by atoms with van der Waals surface area (Å²) in [6.07, 6.45) is 0.401. The number of nitrogens with zero attached hydrogens (tertiary/aromatic N) is 1. The summed E-state index contributed by atoms with van der Waals surface area (Å²) in [5.74, 6) is 0.337. The molecule has 1 fully saturated rings. The first-order chi connectivity index (χ1) is 10.8. The van der Waals surface area contributed by atoms with Crippen LogP contribution in [-0.2, 0) is 20.9 Å². The zero-order valence-electron chi connectivity index (χ0n) is 14.2. The van der Waals surface area contributed by atoms with E-state index in [-0.39, 0.29) is 12.6 Å². The lowest BCUT2D eigenvalue weighted by Gasteiger charge is -2.33. The predicted octanol–water partition coefficient (Wildman–Crippen LogP) is 3.37. The Labute approximate surface area is 137 Å². The van der Waals surface area contributed by atoms with Crippen molar-refractivity contribution in [2.24, 2.45) is 5.92 Å². The Hall–Kier alpha value is -1.88. The SMILES string of the molecule is CC(C)C[C@H]1C(C=O)OC(C)(C)N1C(=O)OCc1ccccc1. The molecule has 23 heavy (non-hydrogen) atoms. The van der Waals surface area contributed by atoms with Gasteiger partial charge >= 0.3 is 6.09 Å². The second kappa shape index (κ2) is 7.13. The third kappa shape index (κ3) is 4.10. The smallest absolute Gasteiger partial charge is 0.412 e. The Bertz CT molecular complexity index is 541. The fourth-order valence-electron chi connectivity index (χ4n) is 3.00. The van der Waals surface area contributed by atoms with Crippen LogP contribution in [-0.4, -0.2) is 35.2 Å². The lowest BCUT2D eigenvalue weighted by atomic mass is 9.99. The molecule has 1 aliphatic heterocycles. The zero-order valence-corrected chi connectivity index (χ0v) is 14.2. The molecule has 2 atom stereocenters. The summed E-state index contributed by atoms with van der Waals surface area (Å²) in [5, 5.41) is 0. The van der Waals surface area contributed by atoms with E-state index in [4.69, 9.17) is 9.47 Å². The summed E-state index contributed by atoms with van der Waals surface area (Å²) in [5.41, 5.74) is 0.0601. The quantitative estimate of drug-likeness (QED) is 0.781. The number of rotatable bonds is 5. The summed E-state index contributed by atoms with van der Waals surface area (Å²) in [6, 6.07) is 9.21. The van der Waals surface area contributed by atoms with Crippen molar-refractivity contribution < 1.29 is 19.1 Å². The summed E-state index contributed by atoms with van der Waals surface area (Å²) >= 11 is 0. The van der Waals surface area contributed by atoms with Crippen LogP contribution >= 0.6 is 0 Å². The average Bonchev–Trinajstić information content (AvgIpc) is 2.75. The molecule has 2 rings (SSSR count). The minimum absolute atomic E-state index is 0.201. The Morgan fingerprint density at radius 1 is 1.35 bits per heavy atom. The molecule has 1 unspecified atom stereocenters. The molecule has 0 N–H and O–H groups in total. The van der Waals surface area contributed by atoms with Crippen molar-refractivity contribution in [3.05, 3.63) is 35.9 Å². The summed E-state index contributed by atoms with van der Waals surface area (Å²) in [4.78, 5) is 25.5. The molecule has 1 amide bonds. The van der Waals surface area contributed by atoms with Crippen LogP contribution in [0.5, 0.6) is 0 Å². The van der Waals surface area contributed by atoms with Crippen molar-refractivity contribution in [1.29, 1.82) is 0 Å². The van der Waals surface area contributed by atoms with E-state index in [0.717, 1.165) is 11.8 Å². The topological polar surface area (TPSA) is 55.8 Å². The maximum atomic E-state index is 12.6. The summed E-state index contributed by atoms with van der Waals surface area (Å²) in [7, 11) is 0. The standard InChI is InChI=1S/C18H25NO4/c1-13(2)10-15-16(11-20)23-18(3,4)19(15)17(21)22-12-14-8-6-5-7-9-14/h5-9,11,13,15-16H,10,12H2,1-4H3/t15-,16?/m0/s1. The summed E-state index contributed by atoms with van der Waals surface area (Å²) in [6.45, 7) is 7.88. The van der Waals surface area contributed by atoms with Crippen LogP contribution in [0.4, 0.5) is 4.79 Å². The van der Waals surface area contributed by atoms with E-state index in [2.05, 4.69) is 13.8 Å². The second-order valence-corrected chi connectivity index (χ2v) is 6.77. The average molecular weight is 319 g/mol. The molecule has 1 aromatic carbocycles. The van der Waals surface area contributed by atoms with Gasteiger partial charge in [0.15, 0.2) is 6.29 Å². The highest BCUT2D eigenvalue weighted by Gasteiger charge is 2.50. The van der Waals surface area contributed by atoms with E-state index >= 15 is 0 Å². The van der Waals surface area contributed by atoms with Crippen LogP contribution in [0.15, 0.2) is 30.3 Å². The van der Waals surface area contributed by atoms with Crippen molar-refractivity contribution >= 4 is 12.4 Å². The molecule has 0 aliphatic carbocycles. The van der Waals surface area contributed by atoms with Gasteiger partial charge < -0.3 is 14.3 Å². The van der Waals surface area contributed by atoms with Crippen LogP contribution in [0.25, 0.3) is 0 Å². The molecular weight excluding hydrogens is 294 g/mol. The van der Waals surface area contributed by atoms with Gasteiger partial charge in [-0.15, -0.1) is 0 Å². The largest absolute Gasteiger partial charge is 0.444 e. The van der Waals surface area contributed by atoms with E-state index < -0.39 is 17.9 Å². The normalized spacial score (nSPS) is 23.1. The molecule has 1 saturated heterocycles. The van der Waals surface area contributed by atoms with Crippen molar-refractivity contribution in [3.63, 3.8) is 0 Å². The molecule has 0 aromatic heterocycles. The highest BCUT2D eigenvalue weighted by Crippen LogP contribution is 2.35. The van der Waals surface area contributed by atoms with Crippen molar-refractivity contribution in [2.75, 3.05) is 0 Å². The highest BCUT2D eigenvalue weighted by atomic mass is 16.6. The lowest BCUT2D eigenvalue weighted by molar-refractivity contribution is -0.123. The van der Waals surface area contributed by atoms with E-state index in [1.54, 1.807) is 18.7 Å². The minimum Gasteiger partial charge on any atom is -0.444 e. The number of carbonyl (C=O) groups is 2. The van der Waals surface area contributed by atoms with E-state index in [1.165, 1.54) is 0 Å². The molecule has 0 spiro atoms. The molecule has 1 aromatic rings. The molecule has 5 heteroatoms.